The first-order valence-corrected chi connectivity index (χ1v) is 11.4. The highest BCUT2D eigenvalue weighted by molar-refractivity contribution is 6.35. The summed E-state index contributed by atoms with van der Waals surface area (Å²) < 4.78 is 1.64. The van der Waals surface area contributed by atoms with Crippen molar-refractivity contribution in [2.75, 3.05) is 37.6 Å². The van der Waals surface area contributed by atoms with Gasteiger partial charge in [0.15, 0.2) is 5.78 Å². The molecule has 1 aliphatic heterocycles. The SMILES string of the molecule is Cc1cc(C)nc(-n2ncc(C(=O)CCN3CCN(c4cc(Cl)cc(Cl)c4)CC3)c2C)n1.Cl. The molecule has 0 saturated carbocycles. The average Bonchev–Trinajstić information content (AvgIpc) is 3.12. The molecule has 4 rings (SSSR count). The number of anilines is 1. The van der Waals surface area contributed by atoms with Gasteiger partial charge in [-0.2, -0.15) is 5.10 Å². The number of Topliss-reactive ketones (excluding diaryl/α,β-unsaturated/α-hetero) is 1. The molecule has 1 aromatic carbocycles. The zero-order valence-electron chi connectivity index (χ0n) is 18.9. The molecule has 176 valence electrons. The van der Waals surface area contributed by atoms with Crippen molar-refractivity contribution in [2.24, 2.45) is 0 Å². The summed E-state index contributed by atoms with van der Waals surface area (Å²) in [4.78, 5) is 26.4. The minimum Gasteiger partial charge on any atom is -0.369 e. The van der Waals surface area contributed by atoms with Gasteiger partial charge < -0.3 is 4.90 Å². The van der Waals surface area contributed by atoms with Gasteiger partial charge in [0.1, 0.15) is 0 Å². The Kier molecular flexibility index (Phi) is 8.34. The molecule has 1 fully saturated rings. The molecule has 33 heavy (non-hydrogen) atoms. The van der Waals surface area contributed by atoms with Gasteiger partial charge >= 0.3 is 0 Å². The molecule has 3 aromatic rings. The molecule has 0 spiro atoms. The zero-order valence-corrected chi connectivity index (χ0v) is 21.2. The monoisotopic (exact) mass is 508 g/mol. The van der Waals surface area contributed by atoms with Gasteiger partial charge in [-0.25, -0.2) is 14.6 Å². The summed E-state index contributed by atoms with van der Waals surface area (Å²) in [7, 11) is 0. The number of carbonyl (C=O) groups excluding carboxylic acids is 1. The molecular formula is C23H27Cl3N6O. The fourth-order valence-electron chi connectivity index (χ4n) is 4.03. The Morgan fingerprint density at radius 2 is 1.55 bits per heavy atom. The molecule has 1 saturated heterocycles. The number of hydrogen-bond donors (Lipinski definition) is 0. The molecule has 0 atom stereocenters. The lowest BCUT2D eigenvalue weighted by atomic mass is 10.1. The molecule has 0 aliphatic carbocycles. The van der Waals surface area contributed by atoms with Gasteiger partial charge in [-0.15, -0.1) is 12.4 Å². The number of aryl methyl sites for hydroxylation is 2. The highest BCUT2D eigenvalue weighted by Crippen LogP contribution is 2.26. The number of carbonyl (C=O) groups is 1. The molecule has 0 radical (unpaired) electrons. The van der Waals surface area contributed by atoms with Gasteiger partial charge in [0.05, 0.1) is 17.5 Å². The first kappa shape index (κ1) is 25.4. The van der Waals surface area contributed by atoms with Crippen LogP contribution in [0.25, 0.3) is 5.95 Å². The van der Waals surface area contributed by atoms with E-state index in [2.05, 4.69) is 24.9 Å². The predicted molar refractivity (Wildman–Crippen MR) is 135 cm³/mol. The van der Waals surface area contributed by atoms with E-state index in [0.29, 0.717) is 34.5 Å². The number of rotatable bonds is 6. The topological polar surface area (TPSA) is 67.2 Å². The molecule has 3 heterocycles. The average molecular weight is 510 g/mol. The summed E-state index contributed by atoms with van der Waals surface area (Å²) in [6, 6.07) is 7.53. The first-order valence-electron chi connectivity index (χ1n) is 10.6. The highest BCUT2D eigenvalue weighted by atomic mass is 35.5. The minimum absolute atomic E-state index is 0. The molecule has 10 heteroatoms. The van der Waals surface area contributed by atoms with Crippen LogP contribution in [0.15, 0.2) is 30.5 Å². The highest BCUT2D eigenvalue weighted by Gasteiger charge is 2.21. The van der Waals surface area contributed by atoms with Gasteiger partial charge in [0, 0.05) is 66.3 Å². The van der Waals surface area contributed by atoms with E-state index in [4.69, 9.17) is 23.2 Å². The quantitative estimate of drug-likeness (QED) is 0.448. The third kappa shape index (κ3) is 6.03. The smallest absolute Gasteiger partial charge is 0.251 e. The fraction of sp³-hybridized carbons (Fsp3) is 0.391. The van der Waals surface area contributed by atoms with Gasteiger partial charge in [-0.3, -0.25) is 9.69 Å². The van der Waals surface area contributed by atoms with Crippen molar-refractivity contribution >= 4 is 47.1 Å². The lowest BCUT2D eigenvalue weighted by Crippen LogP contribution is -2.46. The van der Waals surface area contributed by atoms with Crippen LogP contribution in [0.5, 0.6) is 0 Å². The second-order valence-electron chi connectivity index (χ2n) is 8.14. The number of ketones is 1. The van der Waals surface area contributed by atoms with Crippen LogP contribution >= 0.6 is 35.6 Å². The van der Waals surface area contributed by atoms with E-state index >= 15 is 0 Å². The van der Waals surface area contributed by atoms with E-state index in [-0.39, 0.29) is 18.2 Å². The van der Waals surface area contributed by atoms with Crippen molar-refractivity contribution in [3.63, 3.8) is 0 Å². The van der Waals surface area contributed by atoms with Crippen LogP contribution in [0.3, 0.4) is 0 Å². The maximum atomic E-state index is 12.9. The van der Waals surface area contributed by atoms with E-state index in [0.717, 1.165) is 48.9 Å². The summed E-state index contributed by atoms with van der Waals surface area (Å²) >= 11 is 12.3. The number of piperazine rings is 1. The van der Waals surface area contributed by atoms with Crippen molar-refractivity contribution in [3.05, 3.63) is 63.2 Å². The molecule has 0 unspecified atom stereocenters. The molecular weight excluding hydrogens is 483 g/mol. The third-order valence-electron chi connectivity index (χ3n) is 5.71. The second-order valence-corrected chi connectivity index (χ2v) is 9.01. The summed E-state index contributed by atoms with van der Waals surface area (Å²) in [6.07, 6.45) is 2.07. The minimum atomic E-state index is 0. The van der Waals surface area contributed by atoms with E-state index in [1.165, 1.54) is 0 Å². The Hall–Kier alpha value is -2.19. The van der Waals surface area contributed by atoms with E-state index in [9.17, 15) is 4.79 Å². The number of benzene rings is 1. The van der Waals surface area contributed by atoms with Gasteiger partial charge in [-0.1, -0.05) is 23.2 Å². The van der Waals surface area contributed by atoms with Crippen LogP contribution in [0.2, 0.25) is 10.0 Å². The normalized spacial score (nSPS) is 14.3. The van der Waals surface area contributed by atoms with Crippen LogP contribution in [-0.2, 0) is 0 Å². The van der Waals surface area contributed by atoms with Crippen LogP contribution in [0.1, 0.15) is 33.9 Å². The number of nitrogens with zero attached hydrogens (tertiary/aromatic N) is 6. The van der Waals surface area contributed by atoms with Crippen LogP contribution in [0.4, 0.5) is 5.69 Å². The van der Waals surface area contributed by atoms with Crippen LogP contribution in [-0.4, -0.2) is 63.2 Å². The van der Waals surface area contributed by atoms with Crippen molar-refractivity contribution in [3.8, 4) is 5.95 Å². The molecule has 0 N–H and O–H groups in total. The van der Waals surface area contributed by atoms with Crippen molar-refractivity contribution in [1.29, 1.82) is 0 Å². The Bertz CT molecular complexity index is 1100. The Morgan fingerprint density at radius 1 is 0.939 bits per heavy atom. The predicted octanol–water partition coefficient (Wildman–Crippen LogP) is 4.71. The third-order valence-corrected chi connectivity index (χ3v) is 6.15. The first-order chi connectivity index (χ1) is 15.3. The Morgan fingerprint density at radius 3 is 2.15 bits per heavy atom. The second kappa shape index (κ2) is 10.8. The zero-order chi connectivity index (χ0) is 22.8. The number of hydrogen-bond acceptors (Lipinski definition) is 6. The van der Waals surface area contributed by atoms with Crippen molar-refractivity contribution < 1.29 is 4.79 Å². The van der Waals surface area contributed by atoms with Crippen molar-refractivity contribution in [1.82, 2.24) is 24.6 Å². The van der Waals surface area contributed by atoms with Gasteiger partial charge in [0.25, 0.3) is 5.95 Å². The maximum Gasteiger partial charge on any atom is 0.251 e. The number of halogens is 3. The summed E-state index contributed by atoms with van der Waals surface area (Å²) in [5.41, 5.74) is 4.17. The van der Waals surface area contributed by atoms with E-state index in [1.54, 1.807) is 16.9 Å². The molecule has 0 amide bonds. The molecule has 7 nitrogen and oxygen atoms in total. The maximum absolute atomic E-state index is 12.9. The van der Waals surface area contributed by atoms with Crippen LogP contribution in [0, 0.1) is 20.8 Å². The lowest BCUT2D eigenvalue weighted by molar-refractivity contribution is 0.0962. The van der Waals surface area contributed by atoms with Gasteiger partial charge in [0.2, 0.25) is 0 Å². The Balaban J connectivity index is 0.00000306. The van der Waals surface area contributed by atoms with E-state index in [1.807, 2.05) is 39.0 Å². The summed E-state index contributed by atoms with van der Waals surface area (Å²) in [5, 5.41) is 5.65. The van der Waals surface area contributed by atoms with Gasteiger partial charge in [-0.05, 0) is 45.0 Å². The number of aromatic nitrogens is 4. The van der Waals surface area contributed by atoms with E-state index < -0.39 is 0 Å². The van der Waals surface area contributed by atoms with Crippen LogP contribution < -0.4 is 4.90 Å². The fourth-order valence-corrected chi connectivity index (χ4v) is 4.55. The molecule has 2 aromatic heterocycles. The van der Waals surface area contributed by atoms with Crippen molar-refractivity contribution in [2.45, 2.75) is 27.2 Å². The lowest BCUT2D eigenvalue weighted by Gasteiger charge is -2.36. The largest absolute Gasteiger partial charge is 0.369 e. The molecule has 1 aliphatic rings. The molecule has 0 bridgehead atoms. The standard InChI is InChI=1S/C23H26Cl2N6O.ClH/c1-15-10-16(2)28-23(27-15)31-17(3)21(14-26-31)22(32)4-5-29-6-8-30(9-7-29)20-12-18(24)11-19(25)13-20;/h10-14H,4-9H2,1-3H3;1H. The summed E-state index contributed by atoms with van der Waals surface area (Å²) in [6.45, 7) is 9.94. The summed E-state index contributed by atoms with van der Waals surface area (Å²) in [5.74, 6) is 0.582. The Labute approximate surface area is 210 Å².